The Morgan fingerprint density at radius 2 is 2.00 bits per heavy atom. The van der Waals surface area contributed by atoms with E-state index in [1.54, 1.807) is 7.11 Å². The molecule has 0 fully saturated rings. The molecule has 5 nitrogen and oxygen atoms in total. The van der Waals surface area contributed by atoms with Crippen molar-refractivity contribution in [3.05, 3.63) is 47.3 Å². The van der Waals surface area contributed by atoms with E-state index in [-0.39, 0.29) is 0 Å². The molecule has 0 saturated heterocycles. The van der Waals surface area contributed by atoms with Gasteiger partial charge in [0.15, 0.2) is 5.82 Å². The fourth-order valence-corrected chi connectivity index (χ4v) is 2.65. The van der Waals surface area contributed by atoms with E-state index < -0.39 is 0 Å². The lowest BCUT2D eigenvalue weighted by molar-refractivity contribution is 0.406. The van der Waals surface area contributed by atoms with Crippen LogP contribution in [-0.4, -0.2) is 21.9 Å². The van der Waals surface area contributed by atoms with Crippen molar-refractivity contribution in [2.24, 2.45) is 0 Å². The summed E-state index contributed by atoms with van der Waals surface area (Å²) < 4.78 is 7.34. The Hall–Kier alpha value is -2.56. The van der Waals surface area contributed by atoms with Crippen LogP contribution in [0.1, 0.15) is 16.8 Å². The predicted molar refractivity (Wildman–Crippen MR) is 83.5 cm³/mol. The molecular weight excluding hydrogens is 264 g/mol. The average molecular weight is 282 g/mol. The van der Waals surface area contributed by atoms with E-state index in [9.17, 15) is 0 Å². The van der Waals surface area contributed by atoms with E-state index in [1.165, 1.54) is 0 Å². The molecule has 0 saturated carbocycles. The van der Waals surface area contributed by atoms with E-state index >= 15 is 0 Å². The van der Waals surface area contributed by atoms with E-state index in [0.29, 0.717) is 12.4 Å². The summed E-state index contributed by atoms with van der Waals surface area (Å²) in [6, 6.07) is 7.93. The molecule has 3 rings (SSSR count). The molecule has 0 amide bonds. The topological polar surface area (TPSA) is 66.0 Å². The van der Waals surface area contributed by atoms with Crippen LogP contribution in [0.4, 0.5) is 5.82 Å². The fourth-order valence-electron chi connectivity index (χ4n) is 2.65. The largest absolute Gasteiger partial charge is 0.496 e. The Labute approximate surface area is 123 Å². The standard InChI is InChI=1S/C16H18N4O/c1-10-8-18-13(11(2)15(10)21-3)9-20-14-7-5-4-6-12(14)16(17)19-20/h4-8H,9H2,1-3H3,(H2,17,19). The third-order valence-corrected chi connectivity index (χ3v) is 3.74. The van der Waals surface area contributed by atoms with Gasteiger partial charge in [0.05, 0.1) is 24.9 Å². The lowest BCUT2D eigenvalue weighted by Gasteiger charge is -2.12. The van der Waals surface area contributed by atoms with Gasteiger partial charge in [-0.3, -0.25) is 9.67 Å². The number of rotatable bonds is 3. The van der Waals surface area contributed by atoms with Crippen molar-refractivity contribution in [2.75, 3.05) is 12.8 Å². The molecule has 2 N–H and O–H groups in total. The number of ether oxygens (including phenoxy) is 1. The minimum Gasteiger partial charge on any atom is -0.496 e. The minimum atomic E-state index is 0.544. The van der Waals surface area contributed by atoms with Gasteiger partial charge in [0, 0.05) is 22.7 Å². The number of nitrogens with two attached hydrogens (primary N) is 1. The molecule has 2 heterocycles. The molecule has 0 spiro atoms. The highest BCUT2D eigenvalue weighted by Crippen LogP contribution is 2.26. The van der Waals surface area contributed by atoms with Crippen molar-refractivity contribution in [2.45, 2.75) is 20.4 Å². The Balaban J connectivity index is 2.07. The van der Waals surface area contributed by atoms with Crippen LogP contribution in [0.15, 0.2) is 30.5 Å². The number of para-hydroxylation sites is 1. The predicted octanol–water partition coefficient (Wildman–Crippen LogP) is 2.69. The summed E-state index contributed by atoms with van der Waals surface area (Å²) >= 11 is 0. The maximum absolute atomic E-state index is 5.97. The zero-order valence-corrected chi connectivity index (χ0v) is 12.4. The van der Waals surface area contributed by atoms with E-state index in [2.05, 4.69) is 10.1 Å². The zero-order chi connectivity index (χ0) is 15.0. The van der Waals surface area contributed by atoms with Crippen molar-refractivity contribution in [3.63, 3.8) is 0 Å². The van der Waals surface area contributed by atoms with Crippen LogP contribution in [0.25, 0.3) is 10.9 Å². The van der Waals surface area contributed by atoms with Gasteiger partial charge < -0.3 is 10.5 Å². The van der Waals surface area contributed by atoms with Gasteiger partial charge in [0.1, 0.15) is 5.75 Å². The second-order valence-electron chi connectivity index (χ2n) is 5.11. The number of fused-ring (bicyclic) bond motifs is 1. The Kier molecular flexibility index (Phi) is 3.25. The number of anilines is 1. The third kappa shape index (κ3) is 2.20. The van der Waals surface area contributed by atoms with Crippen LogP contribution in [0, 0.1) is 13.8 Å². The van der Waals surface area contributed by atoms with Gasteiger partial charge in [-0.05, 0) is 26.0 Å². The molecule has 0 bridgehead atoms. The zero-order valence-electron chi connectivity index (χ0n) is 12.4. The third-order valence-electron chi connectivity index (χ3n) is 3.74. The molecule has 0 aliphatic heterocycles. The van der Waals surface area contributed by atoms with Crippen LogP contribution in [0.2, 0.25) is 0 Å². The van der Waals surface area contributed by atoms with Crippen molar-refractivity contribution < 1.29 is 4.74 Å². The van der Waals surface area contributed by atoms with Gasteiger partial charge in [-0.15, -0.1) is 0 Å². The number of hydrogen-bond donors (Lipinski definition) is 1. The van der Waals surface area contributed by atoms with Crippen LogP contribution < -0.4 is 10.5 Å². The molecule has 1 aromatic carbocycles. The smallest absolute Gasteiger partial charge is 0.153 e. The van der Waals surface area contributed by atoms with E-state index in [1.807, 2.05) is 49.0 Å². The Bertz CT molecular complexity index is 807. The normalized spacial score (nSPS) is 11.0. The molecular formula is C16H18N4O. The summed E-state index contributed by atoms with van der Waals surface area (Å²) in [5.74, 6) is 1.42. The summed E-state index contributed by atoms with van der Waals surface area (Å²) in [6.07, 6.45) is 1.83. The number of methoxy groups -OCH3 is 1. The number of nitrogens with zero attached hydrogens (tertiary/aromatic N) is 3. The first-order valence-electron chi connectivity index (χ1n) is 6.82. The first-order chi connectivity index (χ1) is 10.1. The van der Waals surface area contributed by atoms with Gasteiger partial charge in [-0.2, -0.15) is 5.10 Å². The highest BCUT2D eigenvalue weighted by molar-refractivity contribution is 5.89. The quantitative estimate of drug-likeness (QED) is 0.802. The number of hydrogen-bond acceptors (Lipinski definition) is 4. The van der Waals surface area contributed by atoms with Crippen molar-refractivity contribution >= 4 is 16.7 Å². The second kappa shape index (κ2) is 5.09. The number of benzene rings is 1. The van der Waals surface area contributed by atoms with Crippen LogP contribution in [0.3, 0.4) is 0 Å². The van der Waals surface area contributed by atoms with Crippen LogP contribution >= 0.6 is 0 Å². The lowest BCUT2D eigenvalue weighted by atomic mass is 10.1. The Morgan fingerprint density at radius 3 is 2.76 bits per heavy atom. The SMILES string of the molecule is COc1c(C)cnc(Cn2nc(N)c3ccccc32)c1C. The molecule has 2 aromatic heterocycles. The number of aryl methyl sites for hydroxylation is 1. The van der Waals surface area contributed by atoms with Gasteiger partial charge in [-0.1, -0.05) is 12.1 Å². The maximum Gasteiger partial charge on any atom is 0.153 e. The first kappa shape index (κ1) is 13.4. The van der Waals surface area contributed by atoms with E-state index in [0.717, 1.165) is 33.5 Å². The van der Waals surface area contributed by atoms with Gasteiger partial charge >= 0.3 is 0 Å². The molecule has 0 aliphatic rings. The van der Waals surface area contributed by atoms with Crippen molar-refractivity contribution in [1.82, 2.24) is 14.8 Å². The maximum atomic E-state index is 5.97. The highest BCUT2D eigenvalue weighted by Gasteiger charge is 2.13. The molecule has 21 heavy (non-hydrogen) atoms. The number of aromatic nitrogens is 3. The van der Waals surface area contributed by atoms with Crippen LogP contribution in [0.5, 0.6) is 5.75 Å². The highest BCUT2D eigenvalue weighted by atomic mass is 16.5. The second-order valence-corrected chi connectivity index (χ2v) is 5.11. The van der Waals surface area contributed by atoms with Gasteiger partial charge in [0.25, 0.3) is 0 Å². The molecule has 0 radical (unpaired) electrons. The summed E-state index contributed by atoms with van der Waals surface area (Å²) in [5.41, 5.74) is 9.99. The molecule has 3 aromatic rings. The first-order valence-corrected chi connectivity index (χ1v) is 6.82. The monoisotopic (exact) mass is 282 g/mol. The van der Waals surface area contributed by atoms with Crippen molar-refractivity contribution in [3.8, 4) is 5.75 Å². The molecule has 5 heteroatoms. The number of nitrogen functional groups attached to an aromatic ring is 1. The molecule has 108 valence electrons. The van der Waals surface area contributed by atoms with Crippen LogP contribution in [-0.2, 0) is 6.54 Å². The summed E-state index contributed by atoms with van der Waals surface area (Å²) in [6.45, 7) is 4.58. The summed E-state index contributed by atoms with van der Waals surface area (Å²) in [5, 5.41) is 5.38. The number of pyridine rings is 1. The fraction of sp³-hybridized carbons (Fsp3) is 0.250. The average Bonchev–Trinajstić information content (AvgIpc) is 2.80. The molecule has 0 unspecified atom stereocenters. The summed E-state index contributed by atoms with van der Waals surface area (Å²) in [4.78, 5) is 4.52. The Morgan fingerprint density at radius 1 is 1.24 bits per heavy atom. The summed E-state index contributed by atoms with van der Waals surface area (Å²) in [7, 11) is 1.68. The molecule has 0 atom stereocenters. The van der Waals surface area contributed by atoms with Gasteiger partial charge in [0.2, 0.25) is 0 Å². The van der Waals surface area contributed by atoms with Gasteiger partial charge in [-0.25, -0.2) is 0 Å². The lowest BCUT2D eigenvalue weighted by Crippen LogP contribution is -2.07. The molecule has 0 aliphatic carbocycles. The minimum absolute atomic E-state index is 0.544. The van der Waals surface area contributed by atoms with E-state index in [4.69, 9.17) is 10.5 Å². The van der Waals surface area contributed by atoms with Crippen molar-refractivity contribution in [1.29, 1.82) is 0 Å².